The average molecular weight is 408 g/mol. The molecule has 1 fully saturated rings. The molecule has 29 heavy (non-hydrogen) atoms. The Morgan fingerprint density at radius 2 is 1.52 bits per heavy atom. The topological polar surface area (TPSA) is 29.2 Å². The lowest BCUT2D eigenvalue weighted by molar-refractivity contribution is 0.0979. The Hall–Kier alpha value is -2.28. The zero-order chi connectivity index (χ0) is 20.2. The third kappa shape index (κ3) is 5.01. The highest BCUT2D eigenvalue weighted by atomic mass is 32.1. The van der Waals surface area contributed by atoms with Crippen LogP contribution in [0, 0.1) is 18.6 Å². The highest BCUT2D eigenvalue weighted by Crippen LogP contribution is 2.12. The van der Waals surface area contributed by atoms with Crippen LogP contribution in [0.3, 0.4) is 0 Å². The van der Waals surface area contributed by atoms with Gasteiger partial charge in [0.25, 0.3) is 0 Å². The van der Waals surface area contributed by atoms with Gasteiger partial charge < -0.3 is 0 Å². The minimum absolute atomic E-state index is 0.764. The molecular formula is C23H29N5S. The quantitative estimate of drug-likeness (QED) is 0.581. The van der Waals surface area contributed by atoms with Crippen LogP contribution in [0.4, 0.5) is 0 Å². The lowest BCUT2D eigenvalue weighted by Gasteiger charge is -2.34. The van der Waals surface area contributed by atoms with E-state index in [9.17, 15) is 0 Å². The maximum absolute atomic E-state index is 5.73. The van der Waals surface area contributed by atoms with Crippen molar-refractivity contribution in [2.45, 2.75) is 33.6 Å². The summed E-state index contributed by atoms with van der Waals surface area (Å²) in [4.78, 5) is 4.98. The van der Waals surface area contributed by atoms with Gasteiger partial charge in [-0.3, -0.25) is 14.4 Å². The summed E-state index contributed by atoms with van der Waals surface area (Å²) in [5.41, 5.74) is 3.98. The van der Waals surface area contributed by atoms with E-state index < -0.39 is 0 Å². The largest absolute Gasteiger partial charge is 0.300 e. The highest BCUT2D eigenvalue weighted by molar-refractivity contribution is 7.71. The van der Waals surface area contributed by atoms with Crippen LogP contribution < -0.4 is 0 Å². The third-order valence-electron chi connectivity index (χ3n) is 5.58. The molecule has 0 atom stereocenters. The van der Waals surface area contributed by atoms with Crippen molar-refractivity contribution in [1.82, 2.24) is 24.1 Å². The van der Waals surface area contributed by atoms with E-state index in [1.165, 1.54) is 16.7 Å². The first-order chi connectivity index (χ1) is 14.1. The molecule has 0 bridgehead atoms. The molecule has 0 amide bonds. The first-order valence-corrected chi connectivity index (χ1v) is 10.7. The molecule has 6 heteroatoms. The Labute approximate surface area is 178 Å². The Morgan fingerprint density at radius 1 is 0.828 bits per heavy atom. The maximum Gasteiger partial charge on any atom is 0.199 e. The standard InChI is InChI=1S/C23H29N5S/c1-19-7-6-10-22(15-19)16-25-11-13-26(14-12-25)18-28-23(29)27(20(2)24-28)17-21-8-4-3-5-9-21/h3-10,15H,11-14,16-18H2,1-2H3. The predicted molar refractivity (Wildman–Crippen MR) is 119 cm³/mol. The van der Waals surface area contributed by atoms with Gasteiger partial charge in [0.15, 0.2) is 4.77 Å². The molecule has 4 rings (SSSR count). The molecule has 1 aromatic heterocycles. The van der Waals surface area contributed by atoms with Crippen molar-refractivity contribution >= 4 is 12.2 Å². The second kappa shape index (κ2) is 9.03. The third-order valence-corrected chi connectivity index (χ3v) is 6.01. The number of aryl methyl sites for hydroxylation is 2. The molecule has 0 unspecified atom stereocenters. The van der Waals surface area contributed by atoms with Crippen LogP contribution in [-0.4, -0.2) is 50.3 Å². The molecule has 1 aliphatic heterocycles. The predicted octanol–water partition coefficient (Wildman–Crippen LogP) is 3.85. The van der Waals surface area contributed by atoms with Gasteiger partial charge in [-0.25, -0.2) is 4.68 Å². The molecule has 1 aliphatic rings. The van der Waals surface area contributed by atoms with Crippen LogP contribution in [0.2, 0.25) is 0 Å². The van der Waals surface area contributed by atoms with Crippen LogP contribution in [0.15, 0.2) is 54.6 Å². The van der Waals surface area contributed by atoms with E-state index in [-0.39, 0.29) is 0 Å². The van der Waals surface area contributed by atoms with Gasteiger partial charge in [0.2, 0.25) is 0 Å². The zero-order valence-corrected chi connectivity index (χ0v) is 18.1. The van der Waals surface area contributed by atoms with E-state index in [0.717, 1.165) is 56.5 Å². The highest BCUT2D eigenvalue weighted by Gasteiger charge is 2.18. The van der Waals surface area contributed by atoms with Crippen LogP contribution in [0.5, 0.6) is 0 Å². The SMILES string of the molecule is Cc1cccc(CN2CCN(Cn3nc(C)n(Cc4ccccc4)c3=S)CC2)c1. The number of piperazine rings is 1. The first kappa shape index (κ1) is 20.0. The summed E-state index contributed by atoms with van der Waals surface area (Å²) in [5, 5.41) is 4.72. The lowest BCUT2D eigenvalue weighted by Crippen LogP contribution is -2.46. The van der Waals surface area contributed by atoms with E-state index in [2.05, 4.69) is 69.8 Å². The zero-order valence-electron chi connectivity index (χ0n) is 17.3. The number of aromatic nitrogens is 3. The molecule has 0 spiro atoms. The molecule has 1 saturated heterocycles. The van der Waals surface area contributed by atoms with Crippen molar-refractivity contribution in [2.24, 2.45) is 0 Å². The minimum Gasteiger partial charge on any atom is -0.300 e. The van der Waals surface area contributed by atoms with Gasteiger partial charge in [-0.05, 0) is 37.2 Å². The van der Waals surface area contributed by atoms with E-state index >= 15 is 0 Å². The van der Waals surface area contributed by atoms with E-state index in [1.807, 2.05) is 17.7 Å². The van der Waals surface area contributed by atoms with Crippen LogP contribution in [0.25, 0.3) is 0 Å². The molecule has 2 aromatic carbocycles. The molecule has 0 saturated carbocycles. The summed E-state index contributed by atoms with van der Waals surface area (Å²) < 4.78 is 4.90. The molecule has 0 radical (unpaired) electrons. The molecular weight excluding hydrogens is 378 g/mol. The summed E-state index contributed by atoms with van der Waals surface area (Å²) in [5.74, 6) is 0.969. The van der Waals surface area contributed by atoms with Crippen molar-refractivity contribution in [3.63, 3.8) is 0 Å². The second-order valence-electron chi connectivity index (χ2n) is 7.93. The van der Waals surface area contributed by atoms with Gasteiger partial charge in [0.1, 0.15) is 5.82 Å². The van der Waals surface area contributed by atoms with E-state index in [4.69, 9.17) is 17.3 Å². The number of benzene rings is 2. The maximum atomic E-state index is 5.73. The first-order valence-electron chi connectivity index (χ1n) is 10.3. The number of hydrogen-bond acceptors (Lipinski definition) is 4. The van der Waals surface area contributed by atoms with Crippen LogP contribution in [-0.2, 0) is 19.8 Å². The summed E-state index contributed by atoms with van der Waals surface area (Å²) in [7, 11) is 0. The molecule has 2 heterocycles. The fraction of sp³-hybridized carbons (Fsp3) is 0.391. The minimum atomic E-state index is 0.764. The van der Waals surface area contributed by atoms with Crippen molar-refractivity contribution in [1.29, 1.82) is 0 Å². The second-order valence-corrected chi connectivity index (χ2v) is 8.29. The number of rotatable bonds is 6. The van der Waals surface area contributed by atoms with E-state index in [1.54, 1.807) is 0 Å². The van der Waals surface area contributed by atoms with Crippen molar-refractivity contribution in [3.05, 3.63) is 81.9 Å². The summed E-state index contributed by atoms with van der Waals surface area (Å²) in [6.07, 6.45) is 0. The van der Waals surface area contributed by atoms with Gasteiger partial charge in [0.05, 0.1) is 13.2 Å². The fourth-order valence-electron chi connectivity index (χ4n) is 3.94. The van der Waals surface area contributed by atoms with Gasteiger partial charge in [-0.1, -0.05) is 60.2 Å². The van der Waals surface area contributed by atoms with E-state index in [0.29, 0.717) is 0 Å². The van der Waals surface area contributed by atoms with Crippen molar-refractivity contribution in [2.75, 3.05) is 26.2 Å². The van der Waals surface area contributed by atoms with Gasteiger partial charge in [-0.2, -0.15) is 5.10 Å². The monoisotopic (exact) mass is 407 g/mol. The van der Waals surface area contributed by atoms with Crippen LogP contribution >= 0.6 is 12.2 Å². The number of hydrogen-bond donors (Lipinski definition) is 0. The number of nitrogens with zero attached hydrogens (tertiary/aromatic N) is 5. The average Bonchev–Trinajstić information content (AvgIpc) is 2.98. The Balaban J connectivity index is 1.35. The summed E-state index contributed by atoms with van der Waals surface area (Å²) >= 11 is 5.73. The van der Waals surface area contributed by atoms with Crippen LogP contribution in [0.1, 0.15) is 22.5 Å². The molecule has 152 valence electrons. The molecule has 0 N–H and O–H groups in total. The molecule has 5 nitrogen and oxygen atoms in total. The molecule has 0 aliphatic carbocycles. The molecule has 3 aromatic rings. The Kier molecular flexibility index (Phi) is 6.23. The smallest absolute Gasteiger partial charge is 0.199 e. The Morgan fingerprint density at radius 3 is 2.24 bits per heavy atom. The van der Waals surface area contributed by atoms with Crippen molar-refractivity contribution in [3.8, 4) is 0 Å². The van der Waals surface area contributed by atoms with Crippen molar-refractivity contribution < 1.29 is 0 Å². The summed E-state index contributed by atoms with van der Waals surface area (Å²) in [6, 6.07) is 19.2. The lowest BCUT2D eigenvalue weighted by atomic mass is 10.1. The summed E-state index contributed by atoms with van der Waals surface area (Å²) in [6.45, 7) is 11.0. The fourth-order valence-corrected chi connectivity index (χ4v) is 4.23. The normalized spacial score (nSPS) is 15.7. The van der Waals surface area contributed by atoms with Gasteiger partial charge >= 0.3 is 0 Å². The Bertz CT molecular complexity index is 1000. The van der Waals surface area contributed by atoms with Gasteiger partial charge in [0, 0.05) is 32.7 Å². The van der Waals surface area contributed by atoms with Gasteiger partial charge in [-0.15, -0.1) is 0 Å².